The fourth-order valence-electron chi connectivity index (χ4n) is 3.66. The van der Waals surface area contributed by atoms with Gasteiger partial charge in [0, 0.05) is 10.6 Å². The van der Waals surface area contributed by atoms with Crippen LogP contribution in [-0.4, -0.2) is 57.7 Å². The van der Waals surface area contributed by atoms with E-state index < -0.39 is 37.3 Å². The highest BCUT2D eigenvalue weighted by molar-refractivity contribution is 6.31. The maximum atomic E-state index is 10.3. The van der Waals surface area contributed by atoms with Gasteiger partial charge < -0.3 is 34.3 Å². The molecule has 0 aliphatic carbocycles. The predicted octanol–water partition coefficient (Wildman–Crippen LogP) is 2.05. The van der Waals surface area contributed by atoms with Crippen LogP contribution in [0.25, 0.3) is 11.0 Å². The summed E-state index contributed by atoms with van der Waals surface area (Å²) in [6, 6.07) is 12.9. The van der Waals surface area contributed by atoms with E-state index in [4.69, 9.17) is 25.5 Å². The molecule has 160 valence electrons. The molecule has 1 aromatic heterocycles. The summed E-state index contributed by atoms with van der Waals surface area (Å²) in [5.74, 6) is 0.403. The fraction of sp³-hybridized carbons (Fsp3) is 0.364. The van der Waals surface area contributed by atoms with Crippen LogP contribution in [-0.2, 0) is 17.6 Å². The molecule has 0 spiro atoms. The Labute approximate surface area is 178 Å². The van der Waals surface area contributed by atoms with Crippen molar-refractivity contribution >= 4 is 22.6 Å². The number of aryl methyl sites for hydroxylation is 2. The summed E-state index contributed by atoms with van der Waals surface area (Å²) in [5.41, 5.74) is 2.51. The summed E-state index contributed by atoms with van der Waals surface area (Å²) in [5, 5.41) is 41.0. The van der Waals surface area contributed by atoms with Gasteiger partial charge in [0.15, 0.2) is 0 Å². The van der Waals surface area contributed by atoms with E-state index in [1.54, 1.807) is 24.5 Å². The first-order valence-corrected chi connectivity index (χ1v) is 10.1. The average molecular weight is 435 g/mol. The number of halogens is 1. The Balaban J connectivity index is 1.59. The van der Waals surface area contributed by atoms with Gasteiger partial charge in [-0.2, -0.15) is 0 Å². The molecule has 4 rings (SSSR count). The summed E-state index contributed by atoms with van der Waals surface area (Å²) in [6.07, 6.45) is -3.76. The van der Waals surface area contributed by atoms with E-state index in [1.807, 2.05) is 24.3 Å². The van der Waals surface area contributed by atoms with Gasteiger partial charge in [0.05, 0.1) is 18.3 Å². The molecule has 1 aliphatic heterocycles. The molecule has 1 fully saturated rings. The van der Waals surface area contributed by atoms with Crippen LogP contribution < -0.4 is 4.74 Å². The molecule has 7 nitrogen and oxygen atoms in total. The minimum absolute atomic E-state index is 0.403. The van der Waals surface area contributed by atoms with Crippen molar-refractivity contribution in [3.63, 3.8) is 0 Å². The highest BCUT2D eigenvalue weighted by atomic mass is 35.5. The highest BCUT2D eigenvalue weighted by Crippen LogP contribution is 2.34. The van der Waals surface area contributed by atoms with Crippen LogP contribution in [0.15, 0.2) is 53.1 Å². The van der Waals surface area contributed by atoms with Crippen LogP contribution in [0.5, 0.6) is 5.75 Å². The minimum Gasteiger partial charge on any atom is -0.464 e. The standard InChI is InChI=1S/C22H23ClO7/c23-14-5-2-1-4-12(14)8-9-13-11-28-15-6-3-7-16(18(13)15)29-22-21(27)20(26)19(25)17(10-24)30-22/h1-7,11,17,19-22,24-27H,8-10H2/t17-,19-,20+,21-,22-/m1/s1. The van der Waals surface area contributed by atoms with Crippen LogP contribution in [0, 0.1) is 0 Å². The molecule has 2 aromatic carbocycles. The van der Waals surface area contributed by atoms with E-state index >= 15 is 0 Å². The second-order valence-electron chi connectivity index (χ2n) is 7.30. The number of fused-ring (bicyclic) bond motifs is 1. The van der Waals surface area contributed by atoms with Crippen molar-refractivity contribution in [2.24, 2.45) is 0 Å². The Morgan fingerprint density at radius 1 is 0.900 bits per heavy atom. The zero-order chi connectivity index (χ0) is 21.3. The lowest BCUT2D eigenvalue weighted by molar-refractivity contribution is -0.277. The number of rotatable bonds is 6. The molecule has 5 atom stereocenters. The Kier molecular flexibility index (Phi) is 6.29. The molecule has 0 unspecified atom stereocenters. The van der Waals surface area contributed by atoms with Crippen molar-refractivity contribution in [2.45, 2.75) is 43.5 Å². The van der Waals surface area contributed by atoms with Gasteiger partial charge in [-0.1, -0.05) is 35.9 Å². The van der Waals surface area contributed by atoms with E-state index in [1.165, 1.54) is 0 Å². The monoisotopic (exact) mass is 434 g/mol. The Hall–Kier alpha value is -2.13. The van der Waals surface area contributed by atoms with Crippen molar-refractivity contribution in [2.75, 3.05) is 6.61 Å². The first kappa shape index (κ1) is 21.1. The first-order valence-electron chi connectivity index (χ1n) is 9.69. The molecular formula is C22H23ClO7. The second kappa shape index (κ2) is 8.93. The highest BCUT2D eigenvalue weighted by Gasteiger charge is 2.44. The van der Waals surface area contributed by atoms with Gasteiger partial charge in [-0.15, -0.1) is 0 Å². The lowest BCUT2D eigenvalue weighted by atomic mass is 9.99. The quantitative estimate of drug-likeness (QED) is 0.469. The van der Waals surface area contributed by atoms with Crippen LogP contribution in [0.2, 0.25) is 5.02 Å². The van der Waals surface area contributed by atoms with E-state index in [0.29, 0.717) is 29.2 Å². The molecule has 0 amide bonds. The summed E-state index contributed by atoms with van der Waals surface area (Å²) in [6.45, 7) is -0.524. The van der Waals surface area contributed by atoms with Crippen LogP contribution in [0.4, 0.5) is 0 Å². The summed E-state index contributed by atoms with van der Waals surface area (Å²) >= 11 is 6.25. The van der Waals surface area contributed by atoms with Gasteiger partial charge in [0.1, 0.15) is 35.7 Å². The molecule has 30 heavy (non-hydrogen) atoms. The SMILES string of the molecule is OC[C@H]1O[C@@H](Oc2cccc3occ(CCc4ccccc4Cl)c23)[C@H](O)[C@@H](O)[C@@H]1O. The Bertz CT molecular complexity index is 1000. The van der Waals surface area contributed by atoms with Crippen LogP contribution >= 0.6 is 11.6 Å². The van der Waals surface area contributed by atoms with E-state index in [2.05, 4.69) is 0 Å². The van der Waals surface area contributed by atoms with Gasteiger partial charge in [-0.3, -0.25) is 0 Å². The average Bonchev–Trinajstić information content (AvgIpc) is 3.17. The van der Waals surface area contributed by atoms with Crippen molar-refractivity contribution in [3.8, 4) is 5.75 Å². The molecule has 8 heteroatoms. The lowest BCUT2D eigenvalue weighted by Gasteiger charge is -2.39. The van der Waals surface area contributed by atoms with E-state index in [-0.39, 0.29) is 0 Å². The number of ether oxygens (including phenoxy) is 2. The second-order valence-corrected chi connectivity index (χ2v) is 7.70. The molecule has 0 saturated carbocycles. The molecular weight excluding hydrogens is 412 g/mol. The number of aliphatic hydroxyl groups is 4. The molecule has 3 aromatic rings. The molecule has 4 N–H and O–H groups in total. The van der Waals surface area contributed by atoms with Crippen molar-refractivity contribution in [1.29, 1.82) is 0 Å². The molecule has 0 radical (unpaired) electrons. The fourth-order valence-corrected chi connectivity index (χ4v) is 3.89. The van der Waals surface area contributed by atoms with Gasteiger partial charge >= 0.3 is 0 Å². The van der Waals surface area contributed by atoms with E-state index in [9.17, 15) is 20.4 Å². The largest absolute Gasteiger partial charge is 0.464 e. The van der Waals surface area contributed by atoms with Gasteiger partial charge in [-0.05, 0) is 36.6 Å². The number of benzene rings is 2. The molecule has 0 bridgehead atoms. The smallest absolute Gasteiger partial charge is 0.229 e. The summed E-state index contributed by atoms with van der Waals surface area (Å²) in [4.78, 5) is 0. The summed E-state index contributed by atoms with van der Waals surface area (Å²) < 4.78 is 17.0. The molecule has 1 saturated heterocycles. The van der Waals surface area contributed by atoms with Crippen molar-refractivity contribution < 1.29 is 34.3 Å². The molecule has 1 aliphatic rings. The van der Waals surface area contributed by atoms with Gasteiger partial charge in [0.25, 0.3) is 0 Å². The van der Waals surface area contributed by atoms with Gasteiger partial charge in [-0.25, -0.2) is 0 Å². The van der Waals surface area contributed by atoms with Crippen molar-refractivity contribution in [1.82, 2.24) is 0 Å². The minimum atomic E-state index is -1.51. The number of furan rings is 1. The third-order valence-corrected chi connectivity index (χ3v) is 5.72. The maximum Gasteiger partial charge on any atom is 0.229 e. The predicted molar refractivity (Wildman–Crippen MR) is 109 cm³/mol. The lowest BCUT2D eigenvalue weighted by Crippen LogP contribution is -2.60. The van der Waals surface area contributed by atoms with E-state index in [0.717, 1.165) is 16.5 Å². The Morgan fingerprint density at radius 2 is 1.67 bits per heavy atom. The van der Waals surface area contributed by atoms with Crippen molar-refractivity contribution in [3.05, 3.63) is 64.9 Å². The first-order chi connectivity index (χ1) is 14.5. The topological polar surface area (TPSA) is 113 Å². The third-order valence-electron chi connectivity index (χ3n) is 5.35. The zero-order valence-electron chi connectivity index (χ0n) is 16.0. The van der Waals surface area contributed by atoms with Crippen LogP contribution in [0.3, 0.4) is 0 Å². The normalized spacial score (nSPS) is 26.8. The zero-order valence-corrected chi connectivity index (χ0v) is 16.8. The Morgan fingerprint density at radius 3 is 2.43 bits per heavy atom. The third kappa shape index (κ3) is 4.05. The van der Waals surface area contributed by atoms with Gasteiger partial charge in [0.2, 0.25) is 6.29 Å². The number of hydrogen-bond donors (Lipinski definition) is 4. The maximum absolute atomic E-state index is 10.3. The number of hydrogen-bond acceptors (Lipinski definition) is 7. The van der Waals surface area contributed by atoms with Crippen LogP contribution in [0.1, 0.15) is 11.1 Å². The summed E-state index contributed by atoms with van der Waals surface area (Å²) in [7, 11) is 0. The number of aliphatic hydroxyl groups excluding tert-OH is 4. The molecule has 2 heterocycles.